The summed E-state index contributed by atoms with van der Waals surface area (Å²) >= 11 is 5.70. The van der Waals surface area contributed by atoms with Crippen molar-refractivity contribution in [1.29, 1.82) is 0 Å². The molecule has 0 unspecified atom stereocenters. The predicted molar refractivity (Wildman–Crippen MR) is 39.9 cm³/mol. The van der Waals surface area contributed by atoms with E-state index in [0.29, 0.717) is 11.1 Å². The molecule has 3 nitrogen and oxygen atoms in total. The zero-order valence-corrected chi connectivity index (χ0v) is 6.81. The molecule has 1 heterocycles. The minimum atomic E-state index is 0.564. The fourth-order valence-corrected chi connectivity index (χ4v) is 0.908. The first-order valence-electron chi connectivity index (χ1n) is 3.25. The summed E-state index contributed by atoms with van der Waals surface area (Å²) in [5, 5.41) is 10.5. The van der Waals surface area contributed by atoms with Gasteiger partial charge in [0.2, 0.25) is 0 Å². The van der Waals surface area contributed by atoms with Gasteiger partial charge in [-0.25, -0.2) is 5.10 Å². The third kappa shape index (κ3) is 1.70. The normalized spacial score (nSPS) is 10.8. The second kappa shape index (κ2) is 3.01. The van der Waals surface area contributed by atoms with E-state index in [1.807, 2.05) is 0 Å². The Labute approximate surface area is 64.8 Å². The highest BCUT2D eigenvalue weighted by molar-refractivity contribution is 6.29. The fourth-order valence-electron chi connectivity index (χ4n) is 0.755. The molecule has 56 valence electrons. The second-order valence-corrected chi connectivity index (χ2v) is 3.05. The van der Waals surface area contributed by atoms with E-state index in [0.717, 1.165) is 12.1 Å². The molecule has 1 rings (SSSR count). The second-order valence-electron chi connectivity index (χ2n) is 2.67. The van der Waals surface area contributed by atoms with Crippen LogP contribution < -0.4 is 0 Å². The molecule has 0 bridgehead atoms. The Kier molecular flexibility index (Phi) is 2.27. The summed E-state index contributed by atoms with van der Waals surface area (Å²) in [7, 11) is 0. The minimum Gasteiger partial charge on any atom is -0.247 e. The van der Waals surface area contributed by atoms with Crippen molar-refractivity contribution in [2.75, 3.05) is 0 Å². The third-order valence-corrected chi connectivity index (χ3v) is 1.48. The van der Waals surface area contributed by atoms with Crippen LogP contribution in [0.1, 0.15) is 19.5 Å². The molecule has 0 aliphatic carbocycles. The molecule has 0 spiro atoms. The lowest BCUT2D eigenvalue weighted by atomic mass is 10.1. The van der Waals surface area contributed by atoms with Crippen LogP contribution in [-0.4, -0.2) is 15.4 Å². The maximum Gasteiger partial charge on any atom is 0.147 e. The monoisotopic (exact) mass is 159 g/mol. The molecule has 1 aromatic heterocycles. The van der Waals surface area contributed by atoms with Gasteiger partial charge in [-0.3, -0.25) is 0 Å². The van der Waals surface area contributed by atoms with Crippen LogP contribution in [0.5, 0.6) is 0 Å². The van der Waals surface area contributed by atoms with Gasteiger partial charge in [0.15, 0.2) is 0 Å². The molecule has 0 aliphatic rings. The predicted octanol–water partition coefficient (Wildman–Crippen LogP) is 1.66. The van der Waals surface area contributed by atoms with Crippen LogP contribution in [0.2, 0.25) is 5.15 Å². The topological polar surface area (TPSA) is 41.6 Å². The van der Waals surface area contributed by atoms with Crippen LogP contribution in [0.15, 0.2) is 0 Å². The molecule has 4 heteroatoms. The highest BCUT2D eigenvalue weighted by atomic mass is 35.5. The molecule has 0 aliphatic heterocycles. The maximum atomic E-state index is 5.70. The molecule has 0 saturated carbocycles. The average molecular weight is 160 g/mol. The molecule has 0 radical (unpaired) electrons. The zero-order valence-electron chi connectivity index (χ0n) is 6.06. The standard InChI is InChI=1S/C6H10ClN3/c1-4(2)3-5-6(7)9-10-8-5/h4H,3H2,1-2H3,(H,8,9,10). The number of aromatic amines is 1. The highest BCUT2D eigenvalue weighted by Gasteiger charge is 2.05. The maximum absolute atomic E-state index is 5.70. The molecule has 1 aromatic rings. The van der Waals surface area contributed by atoms with Crippen molar-refractivity contribution in [3.8, 4) is 0 Å². The van der Waals surface area contributed by atoms with Crippen LogP contribution in [0.25, 0.3) is 0 Å². The molecule has 0 aromatic carbocycles. The van der Waals surface area contributed by atoms with Crippen LogP contribution in [0.3, 0.4) is 0 Å². The molecule has 0 amide bonds. The number of hydrogen-bond donors (Lipinski definition) is 1. The Morgan fingerprint density at radius 3 is 2.70 bits per heavy atom. The van der Waals surface area contributed by atoms with Crippen molar-refractivity contribution in [2.24, 2.45) is 5.92 Å². The van der Waals surface area contributed by atoms with Crippen molar-refractivity contribution < 1.29 is 0 Å². The van der Waals surface area contributed by atoms with Crippen LogP contribution >= 0.6 is 11.6 Å². The summed E-state index contributed by atoms with van der Waals surface area (Å²) in [6.45, 7) is 4.23. The lowest BCUT2D eigenvalue weighted by molar-refractivity contribution is 0.633. The first-order chi connectivity index (χ1) is 4.70. The quantitative estimate of drug-likeness (QED) is 0.713. The Bertz CT molecular complexity index is 207. The first-order valence-corrected chi connectivity index (χ1v) is 3.63. The van der Waals surface area contributed by atoms with E-state index in [-0.39, 0.29) is 0 Å². The summed E-state index contributed by atoms with van der Waals surface area (Å²) in [5.41, 5.74) is 0.858. The van der Waals surface area contributed by atoms with E-state index in [9.17, 15) is 0 Å². The molecule has 10 heavy (non-hydrogen) atoms. The van der Waals surface area contributed by atoms with Gasteiger partial charge in [-0.1, -0.05) is 30.7 Å². The van der Waals surface area contributed by atoms with E-state index < -0.39 is 0 Å². The SMILES string of the molecule is CC(C)Cc1nn[nH]c1Cl. The van der Waals surface area contributed by atoms with E-state index in [2.05, 4.69) is 29.3 Å². The van der Waals surface area contributed by atoms with Gasteiger partial charge in [-0.2, -0.15) is 0 Å². The number of aromatic nitrogens is 3. The van der Waals surface area contributed by atoms with Gasteiger partial charge in [0.05, 0.1) is 0 Å². The van der Waals surface area contributed by atoms with Gasteiger partial charge in [-0.15, -0.1) is 5.10 Å². The lowest BCUT2D eigenvalue weighted by Crippen LogP contribution is -1.94. The Hall–Kier alpha value is -0.570. The van der Waals surface area contributed by atoms with Crippen LogP contribution in [0.4, 0.5) is 0 Å². The molecular formula is C6H10ClN3. The summed E-state index contributed by atoms with van der Waals surface area (Å²) < 4.78 is 0. The van der Waals surface area contributed by atoms with Crippen molar-refractivity contribution in [3.05, 3.63) is 10.8 Å². The largest absolute Gasteiger partial charge is 0.247 e. The van der Waals surface area contributed by atoms with Gasteiger partial charge in [0.25, 0.3) is 0 Å². The molecule has 0 atom stereocenters. The summed E-state index contributed by atoms with van der Waals surface area (Å²) in [6.07, 6.45) is 0.884. The van der Waals surface area contributed by atoms with Gasteiger partial charge in [0, 0.05) is 0 Å². The molecule has 0 fully saturated rings. The van der Waals surface area contributed by atoms with Crippen molar-refractivity contribution in [1.82, 2.24) is 15.4 Å². The van der Waals surface area contributed by atoms with Gasteiger partial charge >= 0.3 is 0 Å². The van der Waals surface area contributed by atoms with E-state index in [1.54, 1.807) is 0 Å². The van der Waals surface area contributed by atoms with Gasteiger partial charge < -0.3 is 0 Å². The summed E-state index contributed by atoms with van der Waals surface area (Å²) in [4.78, 5) is 0. The smallest absolute Gasteiger partial charge is 0.147 e. The number of rotatable bonds is 2. The van der Waals surface area contributed by atoms with Crippen molar-refractivity contribution >= 4 is 11.6 Å². The third-order valence-electron chi connectivity index (χ3n) is 1.17. The Morgan fingerprint density at radius 2 is 2.30 bits per heavy atom. The molecule has 1 N–H and O–H groups in total. The van der Waals surface area contributed by atoms with Crippen molar-refractivity contribution in [2.45, 2.75) is 20.3 Å². The summed E-state index contributed by atoms with van der Waals surface area (Å²) in [6, 6.07) is 0. The number of nitrogens with zero attached hydrogens (tertiary/aromatic N) is 2. The average Bonchev–Trinajstić information content (AvgIpc) is 2.15. The lowest BCUT2D eigenvalue weighted by Gasteiger charge is -1.98. The zero-order chi connectivity index (χ0) is 7.56. The molecule has 0 saturated heterocycles. The van der Waals surface area contributed by atoms with E-state index in [1.165, 1.54) is 0 Å². The number of halogens is 1. The fraction of sp³-hybridized carbons (Fsp3) is 0.667. The van der Waals surface area contributed by atoms with E-state index >= 15 is 0 Å². The van der Waals surface area contributed by atoms with E-state index in [4.69, 9.17) is 11.6 Å². The number of H-pyrrole nitrogens is 1. The first kappa shape index (κ1) is 7.54. The van der Waals surface area contributed by atoms with Gasteiger partial charge in [0.1, 0.15) is 10.8 Å². The highest BCUT2D eigenvalue weighted by Crippen LogP contribution is 2.12. The molecular weight excluding hydrogens is 150 g/mol. The number of nitrogens with one attached hydrogen (secondary N) is 1. The Morgan fingerprint density at radius 1 is 1.60 bits per heavy atom. The number of hydrogen-bond acceptors (Lipinski definition) is 2. The summed E-state index contributed by atoms with van der Waals surface area (Å²) in [5.74, 6) is 0.572. The van der Waals surface area contributed by atoms with Crippen LogP contribution in [0, 0.1) is 5.92 Å². The van der Waals surface area contributed by atoms with Crippen LogP contribution in [-0.2, 0) is 6.42 Å². The van der Waals surface area contributed by atoms with Gasteiger partial charge in [-0.05, 0) is 12.3 Å². The minimum absolute atomic E-state index is 0.564. The van der Waals surface area contributed by atoms with Crippen molar-refractivity contribution in [3.63, 3.8) is 0 Å². The Balaban J connectivity index is 2.65.